The molecule has 12 heteroatoms. The van der Waals surface area contributed by atoms with Crippen molar-refractivity contribution in [2.45, 2.75) is 68.8 Å². The van der Waals surface area contributed by atoms with Gasteiger partial charge in [-0.2, -0.15) is 43.9 Å². The Morgan fingerprint density at radius 3 is 1.71 bits per heavy atom. The summed E-state index contributed by atoms with van der Waals surface area (Å²) in [5, 5.41) is 7.37. The highest BCUT2D eigenvalue weighted by Crippen LogP contribution is 2.67. The van der Waals surface area contributed by atoms with Crippen molar-refractivity contribution < 1.29 is 48.6 Å². The van der Waals surface area contributed by atoms with Gasteiger partial charge in [0.15, 0.2) is 0 Å². The maximum absolute atomic E-state index is 14.3. The Hall–Kier alpha value is -2.01. The predicted molar refractivity (Wildman–Crippen MR) is 91.3 cm³/mol. The average molecular weight is 467 g/mol. The van der Waals surface area contributed by atoms with Gasteiger partial charge in [-0.25, -0.2) is 0 Å². The van der Waals surface area contributed by atoms with E-state index in [0.29, 0.717) is 13.1 Å². The van der Waals surface area contributed by atoms with Crippen LogP contribution in [0.3, 0.4) is 0 Å². The summed E-state index contributed by atoms with van der Waals surface area (Å²) in [5.41, 5.74) is -0.829. The highest BCUT2D eigenvalue weighted by atomic mass is 19.4. The van der Waals surface area contributed by atoms with E-state index in [9.17, 15) is 43.9 Å². The summed E-state index contributed by atoms with van der Waals surface area (Å²) in [6.07, 6.45) is -2.13. The third kappa shape index (κ3) is 3.27. The summed E-state index contributed by atoms with van der Waals surface area (Å²) in [4.78, 5) is 0. The minimum absolute atomic E-state index is 0.148. The fraction of sp³-hybridized carbons (Fsp3) is 0.632. The number of nitrogens with one attached hydrogen (secondary N) is 1. The fourth-order valence-electron chi connectivity index (χ4n) is 3.47. The summed E-state index contributed by atoms with van der Waals surface area (Å²) in [6.45, 7) is 5.13. The smallest absolute Gasteiger partial charge is 0.384 e. The van der Waals surface area contributed by atoms with Crippen molar-refractivity contribution in [3.63, 3.8) is 0 Å². The Bertz CT molecular complexity index is 830. The van der Waals surface area contributed by atoms with Crippen LogP contribution in [0.1, 0.15) is 38.8 Å². The largest absolute Gasteiger partial charge is 0.489 e. The molecular weight excluding hydrogens is 448 g/mol. The van der Waals surface area contributed by atoms with Gasteiger partial charge in [0.1, 0.15) is 17.8 Å². The van der Waals surface area contributed by atoms with Crippen LogP contribution in [0, 0.1) is 11.3 Å². The molecule has 0 saturated heterocycles. The lowest BCUT2D eigenvalue weighted by molar-refractivity contribution is -0.468. The van der Waals surface area contributed by atoms with E-state index in [1.807, 2.05) is 0 Å². The lowest BCUT2D eigenvalue weighted by Gasteiger charge is -2.51. The zero-order chi connectivity index (χ0) is 24.4. The third-order valence-corrected chi connectivity index (χ3v) is 5.19. The maximum Gasteiger partial charge on any atom is 0.384 e. The van der Waals surface area contributed by atoms with Gasteiger partial charge < -0.3 is 10.1 Å². The van der Waals surface area contributed by atoms with Crippen LogP contribution in [0.4, 0.5) is 43.9 Å². The van der Waals surface area contributed by atoms with Gasteiger partial charge in [0.2, 0.25) is 0 Å². The van der Waals surface area contributed by atoms with Crippen molar-refractivity contribution in [2.75, 3.05) is 0 Å². The Kier molecular flexibility index (Phi) is 5.70. The van der Waals surface area contributed by atoms with Crippen molar-refractivity contribution in [1.82, 2.24) is 0 Å². The van der Waals surface area contributed by atoms with Gasteiger partial charge >= 0.3 is 29.6 Å². The molecule has 1 atom stereocenters. The molecule has 0 aromatic heterocycles. The first-order valence-corrected chi connectivity index (χ1v) is 8.89. The number of hydrogen-bond donors (Lipinski definition) is 1. The SMILES string of the molecule is CC(Oc1c(C=N)cccc1C(C)(C)C)C1C(F)(F)C(F)(F)C(F)(F)C(F)(F)C1(F)F. The van der Waals surface area contributed by atoms with Gasteiger partial charge in [0.05, 0.1) is 0 Å². The Balaban J connectivity index is 2.68. The second-order valence-electron chi connectivity index (χ2n) is 8.39. The number of halogens is 10. The first-order valence-electron chi connectivity index (χ1n) is 8.89. The quantitative estimate of drug-likeness (QED) is 0.395. The first kappa shape index (κ1) is 25.3. The van der Waals surface area contributed by atoms with Gasteiger partial charge in [0.25, 0.3) is 0 Å². The van der Waals surface area contributed by atoms with Crippen LogP contribution in [0.25, 0.3) is 0 Å². The molecule has 0 bridgehead atoms. The molecule has 1 fully saturated rings. The summed E-state index contributed by atoms with van der Waals surface area (Å²) in [7, 11) is 0. The van der Waals surface area contributed by atoms with Crippen LogP contribution in [-0.2, 0) is 5.41 Å². The van der Waals surface area contributed by atoms with Crippen LogP contribution >= 0.6 is 0 Å². The van der Waals surface area contributed by atoms with E-state index in [4.69, 9.17) is 10.1 Å². The highest BCUT2D eigenvalue weighted by molar-refractivity contribution is 5.82. The molecule has 1 saturated carbocycles. The monoisotopic (exact) mass is 467 g/mol. The van der Waals surface area contributed by atoms with E-state index in [0.717, 1.165) is 0 Å². The molecule has 0 amide bonds. The summed E-state index contributed by atoms with van der Waals surface area (Å²) in [6, 6.07) is 3.98. The zero-order valence-corrected chi connectivity index (χ0v) is 16.7. The Labute approximate surface area is 171 Å². The van der Waals surface area contributed by atoms with Crippen LogP contribution < -0.4 is 4.74 Å². The molecule has 31 heavy (non-hydrogen) atoms. The molecule has 1 aromatic carbocycles. The van der Waals surface area contributed by atoms with E-state index in [-0.39, 0.29) is 11.1 Å². The van der Waals surface area contributed by atoms with Crippen LogP contribution in [0.15, 0.2) is 18.2 Å². The number of ether oxygens (including phenoxy) is 1. The third-order valence-electron chi connectivity index (χ3n) is 5.19. The standard InChI is InChI=1S/C19H19F10NO/c1-9(31-12-10(8-30)6-5-7-11(12)14(2,3)4)13-15(20,21)17(24,25)19(28,29)18(26,27)16(13,22)23/h5-9,13,30H,1-4H3. The van der Waals surface area contributed by atoms with E-state index < -0.39 is 52.8 Å². The number of benzene rings is 1. The zero-order valence-electron chi connectivity index (χ0n) is 16.7. The highest BCUT2D eigenvalue weighted by Gasteiger charge is 2.95. The predicted octanol–water partition coefficient (Wildman–Crippen LogP) is 6.56. The Morgan fingerprint density at radius 2 is 1.32 bits per heavy atom. The molecule has 1 unspecified atom stereocenters. The number of rotatable bonds is 4. The minimum atomic E-state index is -7.02. The lowest BCUT2D eigenvalue weighted by atomic mass is 9.72. The van der Waals surface area contributed by atoms with Crippen molar-refractivity contribution in [2.24, 2.45) is 5.92 Å². The average Bonchev–Trinajstić information content (AvgIpc) is 2.58. The van der Waals surface area contributed by atoms with Gasteiger partial charge in [-0.15, -0.1) is 0 Å². The summed E-state index contributed by atoms with van der Waals surface area (Å²) >= 11 is 0. The molecular formula is C19H19F10NO. The number of para-hydroxylation sites is 1. The van der Waals surface area contributed by atoms with Crippen molar-refractivity contribution in [3.05, 3.63) is 29.3 Å². The summed E-state index contributed by atoms with van der Waals surface area (Å²) < 4.78 is 144. The Morgan fingerprint density at radius 1 is 0.871 bits per heavy atom. The van der Waals surface area contributed by atoms with Gasteiger partial charge in [0, 0.05) is 17.3 Å². The van der Waals surface area contributed by atoms with E-state index in [1.54, 1.807) is 20.8 Å². The molecule has 0 heterocycles. The second-order valence-corrected chi connectivity index (χ2v) is 8.39. The maximum atomic E-state index is 14.3. The van der Waals surface area contributed by atoms with Crippen LogP contribution in [-0.4, -0.2) is 41.9 Å². The molecule has 1 N–H and O–H groups in total. The molecule has 1 aliphatic rings. The van der Waals surface area contributed by atoms with Crippen LogP contribution in [0.5, 0.6) is 5.75 Å². The van der Waals surface area contributed by atoms with Gasteiger partial charge in [-0.3, -0.25) is 0 Å². The molecule has 1 aromatic rings. The molecule has 0 radical (unpaired) electrons. The fourth-order valence-corrected chi connectivity index (χ4v) is 3.47. The molecule has 2 nitrogen and oxygen atoms in total. The molecule has 0 aliphatic heterocycles. The minimum Gasteiger partial charge on any atom is -0.489 e. The second kappa shape index (κ2) is 6.99. The molecule has 1 aliphatic carbocycles. The van der Waals surface area contributed by atoms with Crippen molar-refractivity contribution in [1.29, 1.82) is 5.41 Å². The topological polar surface area (TPSA) is 33.1 Å². The van der Waals surface area contributed by atoms with Crippen molar-refractivity contribution >= 4 is 6.21 Å². The van der Waals surface area contributed by atoms with E-state index >= 15 is 0 Å². The molecule has 0 spiro atoms. The van der Waals surface area contributed by atoms with Crippen molar-refractivity contribution in [3.8, 4) is 5.75 Å². The van der Waals surface area contributed by atoms with E-state index in [1.165, 1.54) is 18.2 Å². The summed E-state index contributed by atoms with van der Waals surface area (Å²) in [5.74, 6) is -37.9. The number of hydrogen-bond acceptors (Lipinski definition) is 2. The van der Waals surface area contributed by atoms with E-state index in [2.05, 4.69) is 0 Å². The number of alkyl halides is 10. The van der Waals surface area contributed by atoms with Gasteiger partial charge in [-0.1, -0.05) is 32.9 Å². The lowest BCUT2D eigenvalue weighted by Crippen LogP contribution is -2.79. The molecule has 176 valence electrons. The van der Waals surface area contributed by atoms with Gasteiger partial charge in [-0.05, 0) is 18.4 Å². The normalized spacial score (nSPS) is 25.0. The molecule has 2 rings (SSSR count). The first-order chi connectivity index (χ1) is 13.7. The van der Waals surface area contributed by atoms with Crippen LogP contribution in [0.2, 0.25) is 0 Å².